The third-order valence-corrected chi connectivity index (χ3v) is 5.49. The van der Waals surface area contributed by atoms with Gasteiger partial charge in [-0.25, -0.2) is 12.8 Å². The number of hydrogen-bond donors (Lipinski definition) is 1. The zero-order valence-corrected chi connectivity index (χ0v) is 11.7. The van der Waals surface area contributed by atoms with Gasteiger partial charge in [0.1, 0.15) is 10.7 Å². The second-order valence-electron chi connectivity index (χ2n) is 4.78. The summed E-state index contributed by atoms with van der Waals surface area (Å²) in [5, 5.41) is 9.11. The summed E-state index contributed by atoms with van der Waals surface area (Å²) in [6, 6.07) is 0.217. The van der Waals surface area contributed by atoms with Gasteiger partial charge in [-0.05, 0) is 25.8 Å². The van der Waals surface area contributed by atoms with Crippen LogP contribution < -0.4 is 0 Å². The number of sulfonamides is 1. The quantitative estimate of drug-likeness (QED) is 0.903. The highest BCUT2D eigenvalue weighted by Gasteiger charge is 2.39. The van der Waals surface area contributed by atoms with Crippen molar-refractivity contribution < 1.29 is 22.7 Å². The van der Waals surface area contributed by atoms with Crippen LogP contribution in [-0.2, 0) is 14.8 Å². The first kappa shape index (κ1) is 14.9. The van der Waals surface area contributed by atoms with E-state index in [0.29, 0.717) is 12.8 Å². The number of aliphatic carboxylic acids is 1. The molecule has 0 bridgehead atoms. The lowest BCUT2D eigenvalue weighted by Gasteiger charge is -2.36. The molecular formula is C12H15FN2O4S. The van der Waals surface area contributed by atoms with Gasteiger partial charge in [-0.15, -0.1) is 0 Å². The van der Waals surface area contributed by atoms with E-state index in [2.05, 4.69) is 4.98 Å². The van der Waals surface area contributed by atoms with E-state index in [1.54, 1.807) is 6.92 Å². The Bertz CT molecular complexity index is 620. The van der Waals surface area contributed by atoms with Crippen LogP contribution in [0.25, 0.3) is 0 Å². The van der Waals surface area contributed by atoms with Gasteiger partial charge in [0.25, 0.3) is 0 Å². The van der Waals surface area contributed by atoms with Crippen LogP contribution in [0.15, 0.2) is 23.4 Å². The van der Waals surface area contributed by atoms with Crippen LogP contribution in [0.2, 0.25) is 0 Å². The van der Waals surface area contributed by atoms with Gasteiger partial charge in [0, 0.05) is 18.8 Å². The number of carboxylic acid groups (broad SMARTS) is 1. The highest BCUT2D eigenvalue weighted by Crippen LogP contribution is 2.29. The van der Waals surface area contributed by atoms with Crippen LogP contribution in [0.1, 0.15) is 19.8 Å². The van der Waals surface area contributed by atoms with Gasteiger partial charge in [-0.3, -0.25) is 9.78 Å². The van der Waals surface area contributed by atoms with Crippen LogP contribution >= 0.6 is 0 Å². The van der Waals surface area contributed by atoms with Gasteiger partial charge in [0.15, 0.2) is 0 Å². The molecule has 0 amide bonds. The first-order valence-corrected chi connectivity index (χ1v) is 7.63. The minimum Gasteiger partial charge on any atom is -0.481 e. The van der Waals surface area contributed by atoms with Crippen molar-refractivity contribution in [2.24, 2.45) is 5.92 Å². The summed E-state index contributed by atoms with van der Waals surface area (Å²) < 4.78 is 39.1. The minimum atomic E-state index is -3.93. The molecule has 110 valence electrons. The van der Waals surface area contributed by atoms with E-state index in [4.69, 9.17) is 5.11 Å². The maximum absolute atomic E-state index is 13.1. The summed E-state index contributed by atoms with van der Waals surface area (Å²) in [7, 11) is -3.93. The first-order chi connectivity index (χ1) is 9.34. The van der Waals surface area contributed by atoms with E-state index in [9.17, 15) is 17.6 Å². The molecule has 0 saturated carbocycles. The highest BCUT2D eigenvalue weighted by atomic mass is 32.2. The maximum Gasteiger partial charge on any atom is 0.308 e. The molecule has 0 radical (unpaired) electrons. The lowest BCUT2D eigenvalue weighted by Crippen LogP contribution is -2.49. The standard InChI is InChI=1S/C12H15FN2O4S/c1-8-11(12(16)17)3-2-4-15(8)20(18,19)10-5-9(13)6-14-7-10/h5-8,11H,2-4H2,1H3,(H,16,17)/t8-,11-/m1/s1. The van der Waals surface area contributed by atoms with Crippen molar-refractivity contribution in [1.29, 1.82) is 0 Å². The van der Waals surface area contributed by atoms with E-state index in [1.807, 2.05) is 0 Å². The Morgan fingerprint density at radius 2 is 2.20 bits per heavy atom. The molecule has 1 aromatic heterocycles. The van der Waals surface area contributed by atoms with E-state index in [0.717, 1.165) is 22.8 Å². The number of hydrogen-bond acceptors (Lipinski definition) is 4. The number of pyridine rings is 1. The number of carbonyl (C=O) groups is 1. The largest absolute Gasteiger partial charge is 0.481 e. The molecule has 1 saturated heterocycles. The minimum absolute atomic E-state index is 0.226. The lowest BCUT2D eigenvalue weighted by molar-refractivity contribution is -0.144. The molecule has 20 heavy (non-hydrogen) atoms. The number of nitrogens with zero attached hydrogens (tertiary/aromatic N) is 2. The van der Waals surface area contributed by atoms with Crippen molar-refractivity contribution >= 4 is 16.0 Å². The Kier molecular flexibility index (Phi) is 4.05. The van der Waals surface area contributed by atoms with Crippen molar-refractivity contribution in [3.05, 3.63) is 24.3 Å². The van der Waals surface area contributed by atoms with Crippen molar-refractivity contribution in [2.75, 3.05) is 6.54 Å². The van der Waals surface area contributed by atoms with Crippen molar-refractivity contribution in [3.8, 4) is 0 Å². The molecule has 0 unspecified atom stereocenters. The molecule has 8 heteroatoms. The zero-order chi connectivity index (χ0) is 14.9. The fourth-order valence-electron chi connectivity index (χ4n) is 2.45. The average molecular weight is 302 g/mol. The third kappa shape index (κ3) is 2.66. The molecule has 6 nitrogen and oxygen atoms in total. The summed E-state index contributed by atoms with van der Waals surface area (Å²) in [6.45, 7) is 1.78. The molecule has 2 heterocycles. The third-order valence-electron chi connectivity index (χ3n) is 3.53. The molecule has 1 aliphatic heterocycles. The maximum atomic E-state index is 13.1. The van der Waals surface area contributed by atoms with Crippen LogP contribution in [0.4, 0.5) is 4.39 Å². The predicted octanol–water partition coefficient (Wildman–Crippen LogP) is 1.09. The molecule has 1 aromatic rings. The smallest absolute Gasteiger partial charge is 0.308 e. The normalized spacial score (nSPS) is 24.5. The first-order valence-electron chi connectivity index (χ1n) is 6.19. The Labute approximate surface area is 116 Å². The molecular weight excluding hydrogens is 287 g/mol. The Hall–Kier alpha value is -1.54. The summed E-state index contributed by atoms with van der Waals surface area (Å²) >= 11 is 0. The SMILES string of the molecule is C[C@@H]1[C@H](C(=O)O)CCCN1S(=O)(=O)c1cncc(F)c1. The van der Waals surface area contributed by atoms with Gasteiger partial charge < -0.3 is 5.11 Å². The summed E-state index contributed by atoms with van der Waals surface area (Å²) in [5.74, 6) is -2.51. The second-order valence-corrected chi connectivity index (χ2v) is 6.67. The van der Waals surface area contributed by atoms with Crippen LogP contribution in [-0.4, -0.2) is 41.4 Å². The molecule has 0 aromatic carbocycles. The number of rotatable bonds is 3. The van der Waals surface area contributed by atoms with Crippen molar-refractivity contribution in [3.63, 3.8) is 0 Å². The fraction of sp³-hybridized carbons (Fsp3) is 0.500. The van der Waals surface area contributed by atoms with E-state index >= 15 is 0 Å². The van der Waals surface area contributed by atoms with E-state index in [-0.39, 0.29) is 11.4 Å². The number of carboxylic acids is 1. The van der Waals surface area contributed by atoms with Crippen LogP contribution in [0.3, 0.4) is 0 Å². The lowest BCUT2D eigenvalue weighted by atomic mass is 9.92. The van der Waals surface area contributed by atoms with Crippen molar-refractivity contribution in [2.45, 2.75) is 30.7 Å². The Balaban J connectivity index is 2.36. The zero-order valence-electron chi connectivity index (χ0n) is 10.9. The van der Waals surface area contributed by atoms with Gasteiger partial charge >= 0.3 is 5.97 Å². The van der Waals surface area contributed by atoms with Crippen molar-refractivity contribution in [1.82, 2.24) is 9.29 Å². The molecule has 1 fully saturated rings. The highest BCUT2D eigenvalue weighted by molar-refractivity contribution is 7.89. The number of halogens is 1. The average Bonchev–Trinajstić information content (AvgIpc) is 2.38. The van der Waals surface area contributed by atoms with E-state index in [1.165, 1.54) is 0 Å². The van der Waals surface area contributed by atoms with Gasteiger partial charge in [-0.2, -0.15) is 4.31 Å². The van der Waals surface area contributed by atoms with E-state index < -0.39 is 33.8 Å². The molecule has 2 rings (SSSR count). The van der Waals surface area contributed by atoms with Gasteiger partial charge in [0.2, 0.25) is 10.0 Å². The second kappa shape index (κ2) is 5.45. The Morgan fingerprint density at radius 1 is 1.50 bits per heavy atom. The molecule has 0 aliphatic carbocycles. The Morgan fingerprint density at radius 3 is 2.80 bits per heavy atom. The molecule has 1 N–H and O–H groups in total. The van der Waals surface area contributed by atoms with Crippen LogP contribution in [0.5, 0.6) is 0 Å². The molecule has 2 atom stereocenters. The monoisotopic (exact) mass is 302 g/mol. The summed E-state index contributed by atoms with van der Waals surface area (Å²) in [4.78, 5) is 14.4. The fourth-order valence-corrected chi connectivity index (χ4v) is 4.13. The predicted molar refractivity (Wildman–Crippen MR) is 67.9 cm³/mol. The van der Waals surface area contributed by atoms with Gasteiger partial charge in [-0.1, -0.05) is 0 Å². The van der Waals surface area contributed by atoms with Gasteiger partial charge in [0.05, 0.1) is 12.1 Å². The summed E-state index contributed by atoms with van der Waals surface area (Å²) in [5.41, 5.74) is 0. The molecule has 1 aliphatic rings. The molecule has 0 spiro atoms. The number of aromatic nitrogens is 1. The number of piperidine rings is 1. The topological polar surface area (TPSA) is 87.6 Å². The summed E-state index contributed by atoms with van der Waals surface area (Å²) in [6.07, 6.45) is 2.88. The van der Waals surface area contributed by atoms with Crippen LogP contribution in [0, 0.1) is 11.7 Å².